The zero-order chi connectivity index (χ0) is 9.00. The minimum Gasteiger partial charge on any atom is -0.480 e. The van der Waals surface area contributed by atoms with Crippen molar-refractivity contribution in [3.8, 4) is 0 Å². The van der Waals surface area contributed by atoms with E-state index >= 15 is 0 Å². The first kappa shape index (κ1) is 7.76. The number of nitrogens with zero attached hydrogens (tertiary/aromatic N) is 1. The van der Waals surface area contributed by atoms with Crippen LogP contribution in [0.4, 0.5) is 0 Å². The molecule has 3 aliphatic rings. The molecule has 3 rings (SSSR count). The molecule has 3 fully saturated rings. The van der Waals surface area contributed by atoms with Crippen LogP contribution in [0, 0.1) is 5.92 Å². The Morgan fingerprint density at radius 1 is 1.38 bits per heavy atom. The summed E-state index contributed by atoms with van der Waals surface area (Å²) in [5.74, 6) is 0.0190. The molecule has 0 aromatic rings. The van der Waals surface area contributed by atoms with Gasteiger partial charge in [0.05, 0.1) is 19.3 Å². The fourth-order valence-electron chi connectivity index (χ4n) is 2.35. The number of carboxylic acid groups (broad SMARTS) is 1. The molecule has 0 radical (unpaired) electrons. The van der Waals surface area contributed by atoms with Crippen LogP contribution in [0.3, 0.4) is 0 Å². The van der Waals surface area contributed by atoms with Gasteiger partial charge in [-0.3, -0.25) is 9.69 Å². The molecule has 4 heteroatoms. The van der Waals surface area contributed by atoms with Crippen LogP contribution in [0.15, 0.2) is 0 Å². The molecule has 0 spiro atoms. The Hall–Kier alpha value is -0.610. The van der Waals surface area contributed by atoms with E-state index in [-0.39, 0.29) is 6.04 Å². The van der Waals surface area contributed by atoms with Gasteiger partial charge in [0.2, 0.25) is 0 Å². The Balaban J connectivity index is 1.69. The molecule has 2 saturated heterocycles. The monoisotopic (exact) mass is 183 g/mol. The third-order valence-electron chi connectivity index (χ3n) is 3.30. The van der Waals surface area contributed by atoms with Gasteiger partial charge in [-0.1, -0.05) is 0 Å². The van der Waals surface area contributed by atoms with Crippen molar-refractivity contribution in [2.24, 2.45) is 5.92 Å². The second kappa shape index (κ2) is 2.45. The highest BCUT2D eigenvalue weighted by Crippen LogP contribution is 2.48. The predicted molar refractivity (Wildman–Crippen MR) is 44.4 cm³/mol. The van der Waals surface area contributed by atoms with Crippen LogP contribution in [0.5, 0.6) is 0 Å². The van der Waals surface area contributed by atoms with Crippen LogP contribution < -0.4 is 0 Å². The van der Waals surface area contributed by atoms with Crippen molar-refractivity contribution in [2.75, 3.05) is 13.2 Å². The van der Waals surface area contributed by atoms with Gasteiger partial charge in [0.15, 0.2) is 0 Å². The van der Waals surface area contributed by atoms with Crippen molar-refractivity contribution in [2.45, 2.75) is 31.0 Å². The summed E-state index contributed by atoms with van der Waals surface area (Å²) in [4.78, 5) is 13.0. The summed E-state index contributed by atoms with van der Waals surface area (Å²) >= 11 is 0. The molecule has 2 heterocycles. The van der Waals surface area contributed by atoms with E-state index in [1.807, 2.05) is 0 Å². The molecule has 1 unspecified atom stereocenters. The number of carbonyl (C=O) groups is 1. The quantitative estimate of drug-likeness (QED) is 0.622. The number of carboxylic acids is 1. The maximum atomic E-state index is 10.9. The summed E-state index contributed by atoms with van der Waals surface area (Å²) in [6, 6.07) is 0.541. The molecule has 3 atom stereocenters. The van der Waals surface area contributed by atoms with E-state index in [0.29, 0.717) is 18.0 Å². The minimum absolute atomic E-state index is 0.193. The van der Waals surface area contributed by atoms with Gasteiger partial charge in [-0.05, 0) is 18.8 Å². The van der Waals surface area contributed by atoms with Gasteiger partial charge in [-0.15, -0.1) is 0 Å². The fourth-order valence-corrected chi connectivity index (χ4v) is 2.35. The van der Waals surface area contributed by atoms with E-state index in [2.05, 4.69) is 4.90 Å². The summed E-state index contributed by atoms with van der Waals surface area (Å²) in [5.41, 5.74) is 0. The Labute approximate surface area is 76.5 Å². The molecule has 1 saturated carbocycles. The Morgan fingerprint density at radius 2 is 2.08 bits per heavy atom. The van der Waals surface area contributed by atoms with Crippen molar-refractivity contribution in [3.63, 3.8) is 0 Å². The van der Waals surface area contributed by atoms with E-state index in [1.54, 1.807) is 0 Å². The zero-order valence-electron chi connectivity index (χ0n) is 7.35. The van der Waals surface area contributed by atoms with Gasteiger partial charge in [0.1, 0.15) is 6.04 Å². The van der Waals surface area contributed by atoms with Gasteiger partial charge in [0, 0.05) is 6.04 Å². The number of hydrogen-bond acceptors (Lipinski definition) is 3. The summed E-state index contributed by atoms with van der Waals surface area (Å²) in [6.45, 7) is 1.46. The molecular formula is C9H13NO3. The predicted octanol–water partition coefficient (Wildman–Crippen LogP) is -0.0674. The molecule has 0 aromatic heterocycles. The highest BCUT2D eigenvalue weighted by molar-refractivity contribution is 5.78. The smallest absolute Gasteiger partial charge is 0.322 e. The van der Waals surface area contributed by atoms with E-state index in [1.165, 1.54) is 12.8 Å². The molecule has 4 nitrogen and oxygen atoms in total. The van der Waals surface area contributed by atoms with Crippen LogP contribution >= 0.6 is 0 Å². The van der Waals surface area contributed by atoms with Gasteiger partial charge >= 0.3 is 5.97 Å². The Kier molecular flexibility index (Phi) is 1.46. The van der Waals surface area contributed by atoms with Gasteiger partial charge in [0.25, 0.3) is 0 Å². The largest absolute Gasteiger partial charge is 0.480 e. The number of hydrogen-bond donors (Lipinski definition) is 1. The first-order valence-electron chi connectivity index (χ1n) is 4.87. The van der Waals surface area contributed by atoms with Gasteiger partial charge in [-0.25, -0.2) is 0 Å². The minimum atomic E-state index is -0.649. The molecular weight excluding hydrogens is 170 g/mol. The molecule has 13 heavy (non-hydrogen) atoms. The molecule has 0 aromatic carbocycles. The Morgan fingerprint density at radius 3 is 2.46 bits per heavy atom. The average Bonchev–Trinajstić information content (AvgIpc) is 2.72. The highest BCUT2D eigenvalue weighted by Gasteiger charge is 2.62. The van der Waals surface area contributed by atoms with Crippen molar-refractivity contribution in [3.05, 3.63) is 0 Å². The second-order valence-corrected chi connectivity index (χ2v) is 4.25. The molecule has 1 N–H and O–H groups in total. The first-order chi connectivity index (χ1) is 6.29. The summed E-state index contributed by atoms with van der Waals surface area (Å²) < 4.78 is 5.08. The topological polar surface area (TPSA) is 49.5 Å². The maximum absolute atomic E-state index is 10.9. The van der Waals surface area contributed by atoms with Crippen LogP contribution in [0.2, 0.25) is 0 Å². The van der Waals surface area contributed by atoms with E-state index in [4.69, 9.17) is 9.84 Å². The second-order valence-electron chi connectivity index (χ2n) is 4.25. The normalized spacial score (nSPS) is 44.2. The lowest BCUT2D eigenvalue weighted by atomic mass is 10.2. The first-order valence-corrected chi connectivity index (χ1v) is 4.87. The maximum Gasteiger partial charge on any atom is 0.322 e. The summed E-state index contributed by atoms with van der Waals surface area (Å²) in [7, 11) is 0. The van der Waals surface area contributed by atoms with E-state index < -0.39 is 5.97 Å². The molecule has 1 aliphatic carbocycles. The molecule has 0 amide bonds. The highest BCUT2D eigenvalue weighted by atomic mass is 16.5. The van der Waals surface area contributed by atoms with Crippen molar-refractivity contribution in [1.82, 2.24) is 4.90 Å². The van der Waals surface area contributed by atoms with Crippen LogP contribution in [-0.4, -0.2) is 47.3 Å². The number of aliphatic carboxylic acids is 1. The lowest BCUT2D eigenvalue weighted by Gasteiger charge is -2.28. The molecule has 72 valence electrons. The molecule has 2 aliphatic heterocycles. The van der Waals surface area contributed by atoms with Gasteiger partial charge < -0.3 is 9.84 Å². The summed E-state index contributed by atoms with van der Waals surface area (Å²) in [6.07, 6.45) is 2.44. The zero-order valence-corrected chi connectivity index (χ0v) is 7.35. The van der Waals surface area contributed by atoms with Crippen molar-refractivity contribution in [1.29, 1.82) is 0 Å². The van der Waals surface area contributed by atoms with E-state index in [0.717, 1.165) is 13.2 Å². The van der Waals surface area contributed by atoms with Crippen molar-refractivity contribution >= 4 is 5.97 Å². The van der Waals surface area contributed by atoms with Crippen molar-refractivity contribution < 1.29 is 14.6 Å². The number of ether oxygens (including phenoxy) is 1. The third kappa shape index (κ3) is 1.09. The SMILES string of the molecule is O=C(O)[C@@H]1[C@H](C2CC2)N1C1COC1. The van der Waals surface area contributed by atoms with Gasteiger partial charge in [-0.2, -0.15) is 0 Å². The lowest BCUT2D eigenvalue weighted by Crippen LogP contribution is -2.42. The summed E-state index contributed by atoms with van der Waals surface area (Å²) in [5, 5.41) is 8.96. The van der Waals surface area contributed by atoms with E-state index in [9.17, 15) is 4.79 Å². The van der Waals surface area contributed by atoms with Crippen LogP contribution in [0.1, 0.15) is 12.8 Å². The number of rotatable bonds is 3. The Bertz CT molecular complexity index is 247. The fraction of sp³-hybridized carbons (Fsp3) is 0.889. The average molecular weight is 183 g/mol. The third-order valence-corrected chi connectivity index (χ3v) is 3.30. The molecule has 0 bridgehead atoms. The lowest BCUT2D eigenvalue weighted by molar-refractivity contribution is -0.138. The van der Waals surface area contributed by atoms with Crippen LogP contribution in [-0.2, 0) is 9.53 Å². The van der Waals surface area contributed by atoms with Crippen LogP contribution in [0.25, 0.3) is 0 Å². The standard InChI is InChI=1S/C9H13NO3/c11-9(12)8-7(5-1-2-5)10(8)6-3-13-4-6/h5-8H,1-4H2,(H,11,12)/t7-,8-,10?/m0/s1.